The van der Waals surface area contributed by atoms with E-state index in [0.29, 0.717) is 24.8 Å². The fraction of sp³-hybridized carbons (Fsp3) is 0.421. The van der Waals surface area contributed by atoms with Crippen LogP contribution in [0.2, 0.25) is 0 Å². The number of aromatic nitrogens is 1. The molecule has 0 saturated carbocycles. The first-order chi connectivity index (χ1) is 13.8. The monoisotopic (exact) mass is 453 g/mol. The number of rotatable bonds is 3. The third kappa shape index (κ3) is 4.04. The van der Waals surface area contributed by atoms with Crippen molar-refractivity contribution in [3.63, 3.8) is 0 Å². The first-order valence-electron chi connectivity index (χ1n) is 8.87. The second-order valence-corrected chi connectivity index (χ2v) is 9.30. The van der Waals surface area contributed by atoms with Gasteiger partial charge in [0.1, 0.15) is 0 Å². The van der Waals surface area contributed by atoms with E-state index in [1.165, 1.54) is 0 Å². The number of pyridine rings is 1. The summed E-state index contributed by atoms with van der Waals surface area (Å²) in [5.41, 5.74) is -2.55. The molecule has 164 valence electrons. The van der Waals surface area contributed by atoms with Gasteiger partial charge in [-0.15, -0.1) is 0 Å². The zero-order valence-corrected chi connectivity index (χ0v) is 16.4. The Balaban J connectivity index is 2.17. The van der Waals surface area contributed by atoms with E-state index in [1.54, 1.807) is 6.92 Å². The second kappa shape index (κ2) is 7.52. The summed E-state index contributed by atoms with van der Waals surface area (Å²) in [6.07, 6.45) is -8.64. The van der Waals surface area contributed by atoms with E-state index in [4.69, 9.17) is 4.74 Å². The highest BCUT2D eigenvalue weighted by Gasteiger charge is 2.52. The molecule has 1 aromatic carbocycles. The predicted molar refractivity (Wildman–Crippen MR) is 93.9 cm³/mol. The molecule has 2 heterocycles. The van der Waals surface area contributed by atoms with Gasteiger partial charge >= 0.3 is 12.4 Å². The number of benzene rings is 1. The van der Waals surface area contributed by atoms with Crippen LogP contribution in [-0.2, 0) is 31.9 Å². The quantitative estimate of drug-likeness (QED) is 0.600. The molecule has 2 aromatic rings. The molecule has 0 spiro atoms. The van der Waals surface area contributed by atoms with E-state index in [-0.39, 0.29) is 24.6 Å². The van der Waals surface area contributed by atoms with Crippen LogP contribution in [0.3, 0.4) is 0 Å². The van der Waals surface area contributed by atoms with Crippen molar-refractivity contribution >= 4 is 9.84 Å². The Hall–Kier alpha value is -2.14. The molecule has 1 saturated heterocycles. The lowest BCUT2D eigenvalue weighted by Crippen LogP contribution is -2.44. The van der Waals surface area contributed by atoms with Crippen LogP contribution >= 0.6 is 0 Å². The van der Waals surface area contributed by atoms with E-state index in [0.717, 1.165) is 24.3 Å². The Morgan fingerprint density at radius 2 is 1.70 bits per heavy atom. The smallest absolute Gasteiger partial charge is 0.353 e. The van der Waals surface area contributed by atoms with E-state index in [1.807, 2.05) is 0 Å². The number of hydrogen-bond donors (Lipinski definition) is 0. The first kappa shape index (κ1) is 22.5. The molecule has 0 amide bonds. The lowest BCUT2D eigenvalue weighted by molar-refractivity contribution is -0.138. The van der Waals surface area contributed by atoms with Crippen LogP contribution in [0.15, 0.2) is 47.5 Å². The maximum Gasteiger partial charge on any atom is 0.417 e. The first-order valence-corrected chi connectivity index (χ1v) is 10.4. The van der Waals surface area contributed by atoms with E-state index in [9.17, 15) is 34.8 Å². The molecule has 0 bridgehead atoms. The SMILES string of the molecule is CC1CCOC(c2ccc(C(F)(F)F)cn2)(S(=O)(=O)c2cccc(C(F)(F)F)c2)C1. The van der Waals surface area contributed by atoms with Gasteiger partial charge in [-0.05, 0) is 49.1 Å². The topological polar surface area (TPSA) is 56.3 Å². The largest absolute Gasteiger partial charge is 0.417 e. The lowest BCUT2D eigenvalue weighted by atomic mass is 9.95. The molecule has 2 unspecified atom stereocenters. The van der Waals surface area contributed by atoms with E-state index < -0.39 is 43.1 Å². The van der Waals surface area contributed by atoms with Crippen molar-refractivity contribution in [2.24, 2.45) is 5.92 Å². The minimum absolute atomic E-state index is 0.0396. The summed E-state index contributed by atoms with van der Waals surface area (Å²) in [7, 11) is -4.61. The normalized spacial score (nSPS) is 23.4. The van der Waals surface area contributed by atoms with Gasteiger partial charge in [0.15, 0.2) is 0 Å². The second-order valence-electron chi connectivity index (χ2n) is 7.16. The van der Waals surface area contributed by atoms with Gasteiger partial charge in [-0.25, -0.2) is 8.42 Å². The number of ether oxygens (including phenoxy) is 1. The van der Waals surface area contributed by atoms with Gasteiger partial charge in [-0.3, -0.25) is 4.98 Å². The molecular formula is C19H17F6NO3S. The van der Waals surface area contributed by atoms with Crippen LogP contribution < -0.4 is 0 Å². The number of hydrogen-bond acceptors (Lipinski definition) is 4. The highest BCUT2D eigenvalue weighted by atomic mass is 32.2. The molecule has 1 aromatic heterocycles. The van der Waals surface area contributed by atoms with Crippen molar-refractivity contribution in [1.82, 2.24) is 4.98 Å². The van der Waals surface area contributed by atoms with Crippen molar-refractivity contribution < 1.29 is 39.5 Å². The third-order valence-electron chi connectivity index (χ3n) is 4.95. The van der Waals surface area contributed by atoms with Gasteiger partial charge in [-0.2, -0.15) is 26.3 Å². The molecule has 1 aliphatic heterocycles. The van der Waals surface area contributed by atoms with E-state index >= 15 is 0 Å². The number of halogens is 6. The van der Waals surface area contributed by atoms with Gasteiger partial charge < -0.3 is 4.74 Å². The molecule has 30 heavy (non-hydrogen) atoms. The maximum absolute atomic E-state index is 13.5. The van der Waals surface area contributed by atoms with Gasteiger partial charge in [0.2, 0.25) is 14.8 Å². The Bertz CT molecular complexity index is 1020. The zero-order chi connectivity index (χ0) is 22.4. The Morgan fingerprint density at radius 3 is 2.23 bits per heavy atom. The van der Waals surface area contributed by atoms with Crippen molar-refractivity contribution in [2.45, 2.75) is 41.9 Å². The maximum atomic E-state index is 13.5. The molecule has 3 rings (SSSR count). The fourth-order valence-corrected chi connectivity index (χ4v) is 5.42. The summed E-state index contributed by atoms with van der Waals surface area (Å²) in [5, 5.41) is 0. The minimum Gasteiger partial charge on any atom is -0.353 e. The van der Waals surface area contributed by atoms with Crippen molar-refractivity contribution in [2.75, 3.05) is 6.61 Å². The Labute approximate surface area is 168 Å². The van der Waals surface area contributed by atoms with E-state index in [2.05, 4.69) is 4.98 Å². The average molecular weight is 453 g/mol. The highest BCUT2D eigenvalue weighted by Crippen LogP contribution is 2.45. The number of nitrogens with zero attached hydrogens (tertiary/aromatic N) is 1. The molecule has 4 nitrogen and oxygen atoms in total. The van der Waals surface area contributed by atoms with Crippen LogP contribution in [0, 0.1) is 5.92 Å². The van der Waals surface area contributed by atoms with Crippen LogP contribution in [0.5, 0.6) is 0 Å². The molecule has 0 aliphatic carbocycles. The summed E-state index contributed by atoms with van der Waals surface area (Å²) in [6, 6.07) is 4.74. The van der Waals surface area contributed by atoms with Crippen LogP contribution in [0.25, 0.3) is 0 Å². The molecule has 1 aliphatic rings. The molecule has 1 fully saturated rings. The number of alkyl halides is 6. The molecule has 0 radical (unpaired) electrons. The molecule has 11 heteroatoms. The van der Waals surface area contributed by atoms with Crippen LogP contribution in [0.4, 0.5) is 26.3 Å². The van der Waals surface area contributed by atoms with Gasteiger partial charge in [0.05, 0.1) is 21.7 Å². The summed E-state index contributed by atoms with van der Waals surface area (Å²) in [5.74, 6) is -0.219. The zero-order valence-electron chi connectivity index (χ0n) is 15.6. The van der Waals surface area contributed by atoms with Crippen LogP contribution in [0.1, 0.15) is 36.6 Å². The molecule has 2 atom stereocenters. The van der Waals surface area contributed by atoms with Crippen molar-refractivity contribution in [3.05, 3.63) is 59.4 Å². The van der Waals surface area contributed by atoms with Crippen LogP contribution in [-0.4, -0.2) is 20.0 Å². The van der Waals surface area contributed by atoms with Gasteiger partial charge in [-0.1, -0.05) is 13.0 Å². The standard InChI is InChI=1S/C19H17F6NO3S/c1-12-7-8-29-17(10-12,16-6-5-14(11-26-16)19(23,24)25)30(27,28)15-4-2-3-13(9-15)18(20,21)22/h2-6,9,11-12H,7-8,10H2,1H3. The predicted octanol–water partition coefficient (Wildman–Crippen LogP) is 5.19. The highest BCUT2D eigenvalue weighted by molar-refractivity contribution is 7.92. The van der Waals surface area contributed by atoms with Crippen molar-refractivity contribution in [1.29, 1.82) is 0 Å². The average Bonchev–Trinajstić information content (AvgIpc) is 2.66. The third-order valence-corrected chi connectivity index (χ3v) is 7.19. The Morgan fingerprint density at radius 1 is 1.03 bits per heavy atom. The molecular weight excluding hydrogens is 436 g/mol. The summed E-state index contributed by atoms with van der Waals surface area (Å²) < 4.78 is 110. The van der Waals surface area contributed by atoms with Crippen molar-refractivity contribution in [3.8, 4) is 0 Å². The number of sulfone groups is 1. The van der Waals surface area contributed by atoms with Gasteiger partial charge in [0.25, 0.3) is 0 Å². The summed E-state index contributed by atoms with van der Waals surface area (Å²) in [6.45, 7) is 1.69. The lowest BCUT2D eigenvalue weighted by Gasteiger charge is -2.39. The molecule has 0 N–H and O–H groups in total. The minimum atomic E-state index is -4.77. The fourth-order valence-electron chi connectivity index (χ4n) is 3.36. The summed E-state index contributed by atoms with van der Waals surface area (Å²) in [4.78, 5) is 0.851. The Kier molecular flexibility index (Phi) is 5.65. The summed E-state index contributed by atoms with van der Waals surface area (Å²) >= 11 is 0. The van der Waals surface area contributed by atoms with Gasteiger partial charge in [0, 0.05) is 12.8 Å².